The van der Waals surface area contributed by atoms with Crippen molar-refractivity contribution in [2.24, 2.45) is 0 Å². The van der Waals surface area contributed by atoms with Crippen LogP contribution in [-0.4, -0.2) is 51.1 Å². The van der Waals surface area contributed by atoms with Crippen LogP contribution in [0, 0.1) is 6.92 Å². The molecule has 0 radical (unpaired) electrons. The Labute approximate surface area is 203 Å². The number of aliphatic hydroxyl groups excluding tert-OH is 1. The first-order valence-corrected chi connectivity index (χ1v) is 11.1. The number of carbonyl (C=O) groups excluding carboxylic acids is 1. The van der Waals surface area contributed by atoms with E-state index in [2.05, 4.69) is 5.10 Å². The molecule has 1 aromatic heterocycles. The van der Waals surface area contributed by atoms with E-state index < -0.39 is 35.3 Å². The van der Waals surface area contributed by atoms with Gasteiger partial charge in [0.1, 0.15) is 5.69 Å². The minimum absolute atomic E-state index is 0.0620. The number of nitrogens with zero attached hydrogens (tertiary/aromatic N) is 3. The Hall–Kier alpha value is -4.18. The maximum absolute atomic E-state index is 13.8. The fraction of sp³-hybridized carbons (Fsp3) is 0.192. The summed E-state index contributed by atoms with van der Waals surface area (Å²) in [5, 5.41) is 23.8. The number of halogens is 3. The first-order chi connectivity index (χ1) is 17.0. The molecule has 36 heavy (non-hydrogen) atoms. The van der Waals surface area contributed by atoms with Crippen molar-refractivity contribution in [3.05, 3.63) is 82.9 Å². The lowest BCUT2D eigenvalue weighted by Crippen LogP contribution is -2.50. The van der Waals surface area contributed by atoms with Crippen LogP contribution < -0.4 is 4.90 Å². The van der Waals surface area contributed by atoms with Gasteiger partial charge < -0.3 is 15.1 Å². The lowest BCUT2D eigenvalue weighted by Gasteiger charge is -2.37. The van der Waals surface area contributed by atoms with Crippen molar-refractivity contribution >= 4 is 28.5 Å². The maximum atomic E-state index is 13.8. The molecule has 4 aromatic rings. The summed E-state index contributed by atoms with van der Waals surface area (Å²) in [6.45, 7) is 2.23. The molecule has 184 valence electrons. The van der Waals surface area contributed by atoms with Gasteiger partial charge in [0, 0.05) is 29.7 Å². The van der Waals surface area contributed by atoms with Crippen LogP contribution in [0.2, 0.25) is 0 Å². The standard InChI is InChI=1S/C26H20F3N3O4/c1-14-3-2-4-20(26(27,28)29)22(14)24(34)32-21-11-17(31-12-18(33)13-31)9-10-19(21)23(30-32)15-5-7-16(8-6-15)25(35)36/h2-11,18,33H,12-13H2,1H3,(H,35,36). The number of alkyl halides is 3. The number of anilines is 1. The number of aliphatic hydroxyl groups is 1. The number of carboxylic acids is 1. The average Bonchev–Trinajstić information content (AvgIpc) is 3.20. The Kier molecular flexibility index (Phi) is 5.55. The van der Waals surface area contributed by atoms with Crippen molar-refractivity contribution in [1.82, 2.24) is 9.78 Å². The molecule has 2 N–H and O–H groups in total. The van der Waals surface area contributed by atoms with Gasteiger partial charge in [-0.15, -0.1) is 0 Å². The number of β-amino-alcohol motifs (C(OH)–C–C–N with tert-alkyl or cyclic N) is 1. The molecule has 1 aliphatic rings. The third-order valence-electron chi connectivity index (χ3n) is 6.28. The SMILES string of the molecule is Cc1cccc(C(F)(F)F)c1C(=O)n1nc(-c2ccc(C(=O)O)cc2)c2ccc(N3CC(O)C3)cc21. The molecule has 5 rings (SSSR count). The molecule has 7 nitrogen and oxygen atoms in total. The lowest BCUT2D eigenvalue weighted by atomic mass is 10.0. The van der Waals surface area contributed by atoms with Gasteiger partial charge in [0.25, 0.3) is 5.91 Å². The lowest BCUT2D eigenvalue weighted by molar-refractivity contribution is -0.138. The number of aryl methyl sites for hydroxylation is 1. The highest BCUT2D eigenvalue weighted by atomic mass is 19.4. The highest BCUT2D eigenvalue weighted by Crippen LogP contribution is 2.36. The predicted octanol–water partition coefficient (Wildman–Crippen LogP) is 4.60. The van der Waals surface area contributed by atoms with Crippen molar-refractivity contribution in [3.63, 3.8) is 0 Å². The second kappa shape index (κ2) is 8.49. The van der Waals surface area contributed by atoms with Gasteiger partial charge in [-0.05, 0) is 48.9 Å². The summed E-state index contributed by atoms with van der Waals surface area (Å²) in [6.07, 6.45) is -5.22. The summed E-state index contributed by atoms with van der Waals surface area (Å²) in [5.41, 5.74) is 0.498. The van der Waals surface area contributed by atoms with E-state index in [-0.39, 0.29) is 11.1 Å². The number of carbonyl (C=O) groups is 2. The van der Waals surface area contributed by atoms with E-state index in [1.54, 1.807) is 18.2 Å². The summed E-state index contributed by atoms with van der Waals surface area (Å²) in [7, 11) is 0. The molecule has 1 aliphatic heterocycles. The van der Waals surface area contributed by atoms with Gasteiger partial charge in [-0.3, -0.25) is 4.79 Å². The molecule has 3 aromatic carbocycles. The smallest absolute Gasteiger partial charge is 0.417 e. The summed E-state index contributed by atoms with van der Waals surface area (Å²) in [6, 6.07) is 14.6. The van der Waals surface area contributed by atoms with Crippen LogP contribution in [0.25, 0.3) is 22.2 Å². The van der Waals surface area contributed by atoms with Crippen LogP contribution in [0.1, 0.15) is 31.8 Å². The quantitative estimate of drug-likeness (QED) is 0.430. The molecule has 0 aliphatic carbocycles. The summed E-state index contributed by atoms with van der Waals surface area (Å²) in [5.74, 6) is -2.03. The van der Waals surface area contributed by atoms with Gasteiger partial charge in [0.15, 0.2) is 0 Å². The van der Waals surface area contributed by atoms with Gasteiger partial charge >= 0.3 is 12.1 Å². The molecule has 0 bridgehead atoms. The molecule has 2 heterocycles. The van der Waals surface area contributed by atoms with Gasteiger partial charge in [-0.1, -0.05) is 24.3 Å². The molecule has 0 spiro atoms. The monoisotopic (exact) mass is 495 g/mol. The highest BCUT2D eigenvalue weighted by Gasteiger charge is 2.37. The molecule has 0 amide bonds. The first kappa shape index (κ1) is 23.6. The van der Waals surface area contributed by atoms with Crippen LogP contribution in [-0.2, 0) is 6.18 Å². The number of fused-ring (bicyclic) bond motifs is 1. The van der Waals surface area contributed by atoms with Crippen molar-refractivity contribution in [2.45, 2.75) is 19.2 Å². The van der Waals surface area contributed by atoms with E-state index in [0.717, 1.165) is 10.7 Å². The topological polar surface area (TPSA) is 95.7 Å². The van der Waals surface area contributed by atoms with E-state index in [1.165, 1.54) is 43.3 Å². The van der Waals surface area contributed by atoms with E-state index in [0.29, 0.717) is 40.9 Å². The fourth-order valence-electron chi connectivity index (χ4n) is 4.40. The van der Waals surface area contributed by atoms with Crippen molar-refractivity contribution in [3.8, 4) is 11.3 Å². The molecule has 10 heteroatoms. The summed E-state index contributed by atoms with van der Waals surface area (Å²) < 4.78 is 42.3. The van der Waals surface area contributed by atoms with Crippen LogP contribution in [0.15, 0.2) is 60.7 Å². The summed E-state index contributed by atoms with van der Waals surface area (Å²) in [4.78, 5) is 26.7. The van der Waals surface area contributed by atoms with E-state index in [4.69, 9.17) is 0 Å². The summed E-state index contributed by atoms with van der Waals surface area (Å²) >= 11 is 0. The molecular weight excluding hydrogens is 475 g/mol. The third kappa shape index (κ3) is 3.99. The van der Waals surface area contributed by atoms with Crippen molar-refractivity contribution < 1.29 is 33.0 Å². The Morgan fingerprint density at radius 3 is 2.33 bits per heavy atom. The number of aromatic nitrogens is 2. The number of hydrogen-bond donors (Lipinski definition) is 2. The maximum Gasteiger partial charge on any atom is 0.417 e. The van der Waals surface area contributed by atoms with E-state index >= 15 is 0 Å². The molecule has 1 fully saturated rings. The zero-order valence-corrected chi connectivity index (χ0v) is 19.0. The first-order valence-electron chi connectivity index (χ1n) is 11.1. The van der Waals surface area contributed by atoms with Gasteiger partial charge in [-0.25, -0.2) is 4.79 Å². The number of benzene rings is 3. The van der Waals surface area contributed by atoms with Crippen LogP contribution >= 0.6 is 0 Å². The number of carboxylic acid groups (broad SMARTS) is 1. The molecule has 0 saturated carbocycles. The highest BCUT2D eigenvalue weighted by molar-refractivity contribution is 6.07. The average molecular weight is 495 g/mol. The number of hydrogen-bond acceptors (Lipinski definition) is 5. The second-order valence-corrected chi connectivity index (χ2v) is 8.70. The Balaban J connectivity index is 1.71. The van der Waals surface area contributed by atoms with Crippen LogP contribution in [0.5, 0.6) is 0 Å². The largest absolute Gasteiger partial charge is 0.478 e. The second-order valence-electron chi connectivity index (χ2n) is 8.70. The van der Waals surface area contributed by atoms with Crippen LogP contribution in [0.3, 0.4) is 0 Å². The molecule has 0 unspecified atom stereocenters. The predicted molar refractivity (Wildman–Crippen MR) is 126 cm³/mol. The van der Waals surface area contributed by atoms with Gasteiger partial charge in [-0.2, -0.15) is 23.0 Å². The van der Waals surface area contributed by atoms with Crippen molar-refractivity contribution in [2.75, 3.05) is 18.0 Å². The zero-order chi connectivity index (χ0) is 25.8. The van der Waals surface area contributed by atoms with Gasteiger partial charge in [0.05, 0.1) is 28.3 Å². The minimum Gasteiger partial charge on any atom is -0.478 e. The number of rotatable bonds is 4. The van der Waals surface area contributed by atoms with Gasteiger partial charge in [0.2, 0.25) is 0 Å². The third-order valence-corrected chi connectivity index (χ3v) is 6.28. The molecule has 1 saturated heterocycles. The fourth-order valence-corrected chi connectivity index (χ4v) is 4.40. The van der Waals surface area contributed by atoms with Crippen LogP contribution in [0.4, 0.5) is 18.9 Å². The Bertz CT molecular complexity index is 1500. The van der Waals surface area contributed by atoms with E-state index in [9.17, 15) is 33.0 Å². The minimum atomic E-state index is -4.74. The number of aromatic carboxylic acids is 1. The molecular formula is C26H20F3N3O4. The molecule has 0 atom stereocenters. The van der Waals surface area contributed by atoms with Crippen molar-refractivity contribution in [1.29, 1.82) is 0 Å². The Morgan fingerprint density at radius 2 is 1.72 bits per heavy atom. The Morgan fingerprint density at radius 1 is 1.03 bits per heavy atom. The normalized spacial score (nSPS) is 14.2. The zero-order valence-electron chi connectivity index (χ0n) is 19.0. The van der Waals surface area contributed by atoms with E-state index in [1.807, 2.05) is 4.90 Å².